The molecule has 23 heavy (non-hydrogen) atoms. The lowest BCUT2D eigenvalue weighted by molar-refractivity contribution is -0.145. The molecule has 0 atom stereocenters. The zero-order valence-electron chi connectivity index (χ0n) is 12.7. The molecule has 1 heterocycles. The maximum Gasteiger partial charge on any atom is 0.306 e. The SMILES string of the molecule is CCc1nc(COC(=O)CCCOc2ccc(Cl)cc2Cl)cs1. The Labute approximate surface area is 149 Å². The molecule has 0 aliphatic carbocycles. The van der Waals surface area contributed by atoms with Gasteiger partial charge in [0.05, 0.1) is 22.3 Å². The van der Waals surface area contributed by atoms with Crippen LogP contribution in [-0.2, 0) is 22.6 Å². The van der Waals surface area contributed by atoms with Crippen LogP contribution in [0.2, 0.25) is 10.0 Å². The highest BCUT2D eigenvalue weighted by Gasteiger charge is 2.07. The van der Waals surface area contributed by atoms with Gasteiger partial charge in [0.2, 0.25) is 0 Å². The molecule has 0 saturated carbocycles. The highest BCUT2D eigenvalue weighted by Crippen LogP contribution is 2.27. The van der Waals surface area contributed by atoms with Crippen molar-refractivity contribution in [1.82, 2.24) is 4.98 Å². The molecule has 2 rings (SSSR count). The molecular formula is C16H17Cl2NO3S. The minimum Gasteiger partial charge on any atom is -0.492 e. The maximum atomic E-state index is 11.7. The normalized spacial score (nSPS) is 10.6. The first-order chi connectivity index (χ1) is 11.1. The number of ether oxygens (including phenoxy) is 2. The Morgan fingerprint density at radius 1 is 1.35 bits per heavy atom. The number of esters is 1. The van der Waals surface area contributed by atoms with Crippen molar-refractivity contribution >= 4 is 40.5 Å². The third kappa shape index (κ3) is 6.01. The van der Waals surface area contributed by atoms with Crippen molar-refractivity contribution < 1.29 is 14.3 Å². The Kier molecular flexibility index (Phi) is 7.15. The van der Waals surface area contributed by atoms with Crippen molar-refractivity contribution in [2.75, 3.05) is 6.61 Å². The predicted octanol–water partition coefficient (Wildman–Crippen LogP) is 4.91. The van der Waals surface area contributed by atoms with Crippen LogP contribution in [0.25, 0.3) is 0 Å². The van der Waals surface area contributed by atoms with E-state index in [1.807, 2.05) is 12.3 Å². The van der Waals surface area contributed by atoms with Crippen molar-refractivity contribution in [3.05, 3.63) is 44.3 Å². The van der Waals surface area contributed by atoms with Gasteiger partial charge in [0, 0.05) is 16.8 Å². The highest BCUT2D eigenvalue weighted by molar-refractivity contribution is 7.09. The third-order valence-electron chi connectivity index (χ3n) is 2.96. The molecular weight excluding hydrogens is 357 g/mol. The lowest BCUT2D eigenvalue weighted by Crippen LogP contribution is -2.07. The summed E-state index contributed by atoms with van der Waals surface area (Å²) in [5.74, 6) is 0.292. The van der Waals surface area contributed by atoms with Gasteiger partial charge >= 0.3 is 5.97 Å². The second kappa shape index (κ2) is 9.11. The molecule has 0 N–H and O–H groups in total. The van der Waals surface area contributed by atoms with Gasteiger partial charge in [-0.3, -0.25) is 4.79 Å². The van der Waals surface area contributed by atoms with E-state index in [9.17, 15) is 4.79 Å². The van der Waals surface area contributed by atoms with Crippen molar-refractivity contribution in [2.24, 2.45) is 0 Å². The lowest BCUT2D eigenvalue weighted by atomic mass is 10.3. The molecule has 0 spiro atoms. The second-order valence-electron chi connectivity index (χ2n) is 4.77. The summed E-state index contributed by atoms with van der Waals surface area (Å²) in [6.45, 7) is 2.65. The summed E-state index contributed by atoms with van der Waals surface area (Å²) in [6, 6.07) is 5.02. The summed E-state index contributed by atoms with van der Waals surface area (Å²) < 4.78 is 10.7. The van der Waals surface area contributed by atoms with Gasteiger partial charge < -0.3 is 9.47 Å². The van der Waals surface area contributed by atoms with Crippen LogP contribution in [0.5, 0.6) is 5.75 Å². The van der Waals surface area contributed by atoms with E-state index in [4.69, 9.17) is 32.7 Å². The monoisotopic (exact) mass is 373 g/mol. The molecule has 0 radical (unpaired) electrons. The summed E-state index contributed by atoms with van der Waals surface area (Å²) >= 11 is 13.4. The van der Waals surface area contributed by atoms with Crippen LogP contribution in [0.3, 0.4) is 0 Å². The number of halogens is 2. The molecule has 2 aromatic rings. The predicted molar refractivity (Wildman–Crippen MR) is 92.5 cm³/mol. The van der Waals surface area contributed by atoms with E-state index in [2.05, 4.69) is 4.98 Å². The summed E-state index contributed by atoms with van der Waals surface area (Å²) in [7, 11) is 0. The van der Waals surface area contributed by atoms with E-state index >= 15 is 0 Å². The van der Waals surface area contributed by atoms with Crippen LogP contribution >= 0.6 is 34.5 Å². The molecule has 124 valence electrons. The molecule has 0 amide bonds. The highest BCUT2D eigenvalue weighted by atomic mass is 35.5. The summed E-state index contributed by atoms with van der Waals surface area (Å²) in [6.07, 6.45) is 1.73. The fourth-order valence-corrected chi connectivity index (χ4v) is 2.99. The standard InChI is InChI=1S/C16H17Cl2NO3S/c1-2-15-19-12(10-23-15)9-22-16(20)4-3-7-21-14-6-5-11(17)8-13(14)18/h5-6,8,10H,2-4,7,9H2,1H3. The number of rotatable bonds is 8. The zero-order chi connectivity index (χ0) is 16.7. The second-order valence-corrected chi connectivity index (χ2v) is 6.56. The van der Waals surface area contributed by atoms with E-state index in [-0.39, 0.29) is 19.0 Å². The van der Waals surface area contributed by atoms with E-state index in [0.29, 0.717) is 28.8 Å². The van der Waals surface area contributed by atoms with E-state index in [1.54, 1.807) is 29.5 Å². The van der Waals surface area contributed by atoms with Gasteiger partial charge in [-0.25, -0.2) is 4.98 Å². The molecule has 0 aliphatic heterocycles. The molecule has 0 unspecified atom stereocenters. The molecule has 7 heteroatoms. The molecule has 0 fully saturated rings. The number of benzene rings is 1. The van der Waals surface area contributed by atoms with Crippen LogP contribution in [0.1, 0.15) is 30.5 Å². The lowest BCUT2D eigenvalue weighted by Gasteiger charge is -2.08. The summed E-state index contributed by atoms with van der Waals surface area (Å²) in [5, 5.41) is 3.97. The van der Waals surface area contributed by atoms with Crippen molar-refractivity contribution in [3.63, 3.8) is 0 Å². The maximum absolute atomic E-state index is 11.7. The van der Waals surface area contributed by atoms with Gasteiger partial charge in [0.15, 0.2) is 0 Å². The largest absolute Gasteiger partial charge is 0.492 e. The first-order valence-electron chi connectivity index (χ1n) is 7.25. The van der Waals surface area contributed by atoms with E-state index in [0.717, 1.165) is 17.1 Å². The fourth-order valence-electron chi connectivity index (χ4n) is 1.80. The van der Waals surface area contributed by atoms with E-state index in [1.165, 1.54) is 0 Å². The van der Waals surface area contributed by atoms with Crippen LogP contribution in [0.4, 0.5) is 0 Å². The smallest absolute Gasteiger partial charge is 0.306 e. The average Bonchev–Trinajstić information content (AvgIpc) is 2.99. The number of hydrogen-bond acceptors (Lipinski definition) is 5. The first-order valence-corrected chi connectivity index (χ1v) is 8.88. The molecule has 0 aliphatic rings. The number of carbonyl (C=O) groups is 1. The van der Waals surface area contributed by atoms with Gasteiger partial charge in [-0.2, -0.15) is 0 Å². The molecule has 1 aromatic heterocycles. The van der Waals surface area contributed by atoms with Crippen LogP contribution in [0.15, 0.2) is 23.6 Å². The molecule has 4 nitrogen and oxygen atoms in total. The quantitative estimate of drug-likeness (QED) is 0.486. The Hall–Kier alpha value is -1.30. The Bertz CT molecular complexity index is 661. The van der Waals surface area contributed by atoms with Crippen molar-refractivity contribution in [3.8, 4) is 5.75 Å². The van der Waals surface area contributed by atoms with Gasteiger partial charge in [0.25, 0.3) is 0 Å². The van der Waals surface area contributed by atoms with Gasteiger partial charge in [-0.05, 0) is 31.0 Å². The van der Waals surface area contributed by atoms with E-state index < -0.39 is 0 Å². The number of thiazole rings is 1. The Morgan fingerprint density at radius 2 is 2.17 bits per heavy atom. The van der Waals surface area contributed by atoms with Crippen LogP contribution in [-0.4, -0.2) is 17.6 Å². The van der Waals surface area contributed by atoms with Crippen LogP contribution in [0, 0.1) is 0 Å². The number of aryl methyl sites for hydroxylation is 1. The first kappa shape index (κ1) is 18.0. The molecule has 0 bridgehead atoms. The zero-order valence-corrected chi connectivity index (χ0v) is 15.0. The van der Waals surface area contributed by atoms with Gasteiger partial charge in [-0.1, -0.05) is 30.1 Å². The minimum absolute atomic E-state index is 0.221. The molecule has 1 aromatic carbocycles. The number of hydrogen-bond donors (Lipinski definition) is 0. The summed E-state index contributed by atoms with van der Waals surface area (Å²) in [5.41, 5.74) is 0.796. The molecule has 0 saturated heterocycles. The topological polar surface area (TPSA) is 48.4 Å². The van der Waals surface area contributed by atoms with Crippen molar-refractivity contribution in [1.29, 1.82) is 0 Å². The number of nitrogens with zero attached hydrogens (tertiary/aromatic N) is 1. The Morgan fingerprint density at radius 3 is 2.87 bits per heavy atom. The third-order valence-corrected chi connectivity index (χ3v) is 4.53. The number of aromatic nitrogens is 1. The van der Waals surface area contributed by atoms with Crippen LogP contribution < -0.4 is 4.74 Å². The van der Waals surface area contributed by atoms with Gasteiger partial charge in [-0.15, -0.1) is 11.3 Å². The number of carbonyl (C=O) groups excluding carboxylic acids is 1. The fraction of sp³-hybridized carbons (Fsp3) is 0.375. The van der Waals surface area contributed by atoms with Gasteiger partial charge in [0.1, 0.15) is 12.4 Å². The Balaban J connectivity index is 1.64. The summed E-state index contributed by atoms with van der Waals surface area (Å²) in [4.78, 5) is 16.0. The van der Waals surface area contributed by atoms with Crippen molar-refractivity contribution in [2.45, 2.75) is 32.8 Å². The average molecular weight is 374 g/mol. The minimum atomic E-state index is -0.262.